The minimum absolute atomic E-state index is 0.814. The number of halogens is 1. The monoisotopic (exact) mass is 279 g/mol. The molecule has 1 atom stereocenters. The van der Waals surface area contributed by atoms with Gasteiger partial charge in [0.15, 0.2) is 0 Å². The van der Waals surface area contributed by atoms with Crippen LogP contribution in [0.2, 0.25) is 0 Å². The molecule has 0 aliphatic carbocycles. The summed E-state index contributed by atoms with van der Waals surface area (Å²) in [7, 11) is 0. The molecule has 2 bridgehead atoms. The van der Waals surface area contributed by atoms with E-state index in [1.54, 1.807) is 0 Å². The van der Waals surface area contributed by atoms with Crippen LogP contribution in [0.15, 0.2) is 28.7 Å². The van der Waals surface area contributed by atoms with E-state index in [1.807, 2.05) is 0 Å². The Morgan fingerprint density at radius 3 is 2.38 bits per heavy atom. The van der Waals surface area contributed by atoms with Crippen LogP contribution in [0.25, 0.3) is 0 Å². The van der Waals surface area contributed by atoms with Gasteiger partial charge in [-0.05, 0) is 62.4 Å². The van der Waals surface area contributed by atoms with Crippen LogP contribution in [0.4, 0.5) is 0 Å². The summed E-state index contributed by atoms with van der Waals surface area (Å²) in [6, 6.07) is 9.65. The first kappa shape index (κ1) is 10.8. The van der Waals surface area contributed by atoms with Crippen LogP contribution >= 0.6 is 15.9 Å². The number of nitrogens with zero attached hydrogens (tertiary/aromatic N) is 1. The molecule has 0 N–H and O–H groups in total. The maximum absolute atomic E-state index is 3.49. The third kappa shape index (κ3) is 2.18. The van der Waals surface area contributed by atoms with Crippen LogP contribution in [0.5, 0.6) is 0 Å². The molecule has 0 aromatic heterocycles. The summed E-state index contributed by atoms with van der Waals surface area (Å²) in [4.78, 5) is 2.70. The van der Waals surface area contributed by atoms with Gasteiger partial charge in [-0.15, -0.1) is 0 Å². The first-order chi connectivity index (χ1) is 7.81. The number of benzene rings is 1. The lowest BCUT2D eigenvalue weighted by Gasteiger charge is -2.45. The molecule has 0 spiro atoms. The largest absolute Gasteiger partial charge is 0.300 e. The maximum Gasteiger partial charge on any atom is 0.0175 e. The molecule has 1 aromatic carbocycles. The van der Waals surface area contributed by atoms with Gasteiger partial charge < -0.3 is 4.90 Å². The fraction of sp³-hybridized carbons (Fsp3) is 0.571. The molecule has 3 aliphatic rings. The molecule has 1 unspecified atom stereocenters. The summed E-state index contributed by atoms with van der Waals surface area (Å²) < 4.78 is 1.18. The molecule has 0 radical (unpaired) electrons. The molecular formula is C14H18BrN. The molecule has 3 heterocycles. The number of hydrogen-bond acceptors (Lipinski definition) is 1. The average molecular weight is 280 g/mol. The van der Waals surface area contributed by atoms with Gasteiger partial charge in [0.25, 0.3) is 0 Å². The Bertz CT molecular complexity index is 352. The molecule has 3 saturated heterocycles. The molecule has 1 nitrogen and oxygen atoms in total. The highest BCUT2D eigenvalue weighted by Gasteiger charge is 2.33. The van der Waals surface area contributed by atoms with Crippen LogP contribution in [-0.2, 0) is 6.42 Å². The number of rotatable bonds is 2. The van der Waals surface area contributed by atoms with E-state index in [-0.39, 0.29) is 0 Å². The summed E-state index contributed by atoms with van der Waals surface area (Å²) in [5, 5.41) is 0. The summed E-state index contributed by atoms with van der Waals surface area (Å²) in [5.41, 5.74) is 1.49. The van der Waals surface area contributed by atoms with Crippen LogP contribution < -0.4 is 0 Å². The molecule has 4 rings (SSSR count). The second kappa shape index (κ2) is 4.50. The number of hydrogen-bond donors (Lipinski definition) is 0. The highest BCUT2D eigenvalue weighted by atomic mass is 79.9. The minimum atomic E-state index is 0.814. The van der Waals surface area contributed by atoms with Crippen molar-refractivity contribution in [2.45, 2.75) is 31.7 Å². The van der Waals surface area contributed by atoms with Gasteiger partial charge >= 0.3 is 0 Å². The maximum atomic E-state index is 3.49. The van der Waals surface area contributed by atoms with E-state index in [2.05, 4.69) is 45.1 Å². The Morgan fingerprint density at radius 2 is 1.81 bits per heavy atom. The fourth-order valence-electron chi connectivity index (χ4n) is 3.19. The van der Waals surface area contributed by atoms with Crippen molar-refractivity contribution in [3.05, 3.63) is 34.3 Å². The molecule has 86 valence electrons. The highest BCUT2D eigenvalue weighted by molar-refractivity contribution is 9.10. The molecular weight excluding hydrogens is 262 g/mol. The van der Waals surface area contributed by atoms with Gasteiger partial charge in [-0.2, -0.15) is 0 Å². The van der Waals surface area contributed by atoms with Crippen molar-refractivity contribution in [1.82, 2.24) is 4.90 Å². The quantitative estimate of drug-likeness (QED) is 0.801. The average Bonchev–Trinajstić information content (AvgIpc) is 2.34. The molecule has 3 aliphatic heterocycles. The molecule has 0 saturated carbocycles. The van der Waals surface area contributed by atoms with Gasteiger partial charge in [-0.1, -0.05) is 28.1 Å². The summed E-state index contributed by atoms with van der Waals surface area (Å²) in [5.74, 6) is 1.02. The summed E-state index contributed by atoms with van der Waals surface area (Å²) >= 11 is 3.49. The van der Waals surface area contributed by atoms with E-state index >= 15 is 0 Å². The lowest BCUT2D eigenvalue weighted by Crippen LogP contribution is -2.49. The third-order valence-corrected chi connectivity index (χ3v) is 4.68. The van der Waals surface area contributed by atoms with E-state index in [0.717, 1.165) is 12.0 Å². The zero-order chi connectivity index (χ0) is 11.0. The van der Waals surface area contributed by atoms with Crippen LogP contribution in [0, 0.1) is 5.92 Å². The molecule has 3 fully saturated rings. The Balaban J connectivity index is 1.68. The van der Waals surface area contributed by atoms with Crippen molar-refractivity contribution in [2.75, 3.05) is 13.1 Å². The standard InChI is InChI=1S/C14H18BrN/c15-13-3-1-11(2-4-13)9-14-10-12-5-7-16(14)8-6-12/h1-4,12,14H,5-10H2. The van der Waals surface area contributed by atoms with Crippen LogP contribution in [0.1, 0.15) is 24.8 Å². The Hall–Kier alpha value is -0.340. The van der Waals surface area contributed by atoms with Gasteiger partial charge in [0.05, 0.1) is 0 Å². The molecule has 2 heteroatoms. The molecule has 1 aromatic rings. The third-order valence-electron chi connectivity index (χ3n) is 4.16. The van der Waals surface area contributed by atoms with E-state index in [9.17, 15) is 0 Å². The van der Waals surface area contributed by atoms with Crippen molar-refractivity contribution in [1.29, 1.82) is 0 Å². The fourth-order valence-corrected chi connectivity index (χ4v) is 3.46. The smallest absolute Gasteiger partial charge is 0.0175 e. The van der Waals surface area contributed by atoms with Crippen molar-refractivity contribution >= 4 is 15.9 Å². The van der Waals surface area contributed by atoms with Gasteiger partial charge in [0.1, 0.15) is 0 Å². The second-order valence-corrected chi connectivity index (χ2v) is 6.12. The highest BCUT2D eigenvalue weighted by Crippen LogP contribution is 2.33. The molecule has 16 heavy (non-hydrogen) atoms. The number of fused-ring (bicyclic) bond motifs is 3. The van der Waals surface area contributed by atoms with E-state index in [4.69, 9.17) is 0 Å². The van der Waals surface area contributed by atoms with Crippen molar-refractivity contribution < 1.29 is 0 Å². The minimum Gasteiger partial charge on any atom is -0.300 e. The van der Waals surface area contributed by atoms with Crippen LogP contribution in [-0.4, -0.2) is 24.0 Å². The van der Waals surface area contributed by atoms with Gasteiger partial charge in [0.2, 0.25) is 0 Å². The van der Waals surface area contributed by atoms with Gasteiger partial charge in [0, 0.05) is 10.5 Å². The van der Waals surface area contributed by atoms with Crippen molar-refractivity contribution in [2.24, 2.45) is 5.92 Å². The predicted octanol–water partition coefficient (Wildman–Crippen LogP) is 3.48. The SMILES string of the molecule is Brc1ccc(CC2CC3CCN2CC3)cc1. The van der Waals surface area contributed by atoms with Crippen molar-refractivity contribution in [3.63, 3.8) is 0 Å². The van der Waals surface area contributed by atoms with Gasteiger partial charge in [-0.25, -0.2) is 0 Å². The lowest BCUT2D eigenvalue weighted by atomic mass is 9.81. The summed E-state index contributed by atoms with van der Waals surface area (Å²) in [6.45, 7) is 2.68. The predicted molar refractivity (Wildman–Crippen MR) is 70.5 cm³/mol. The zero-order valence-electron chi connectivity index (χ0n) is 9.53. The second-order valence-electron chi connectivity index (χ2n) is 5.20. The number of piperidine rings is 3. The first-order valence-electron chi connectivity index (χ1n) is 6.30. The van der Waals surface area contributed by atoms with E-state index in [0.29, 0.717) is 0 Å². The Labute approximate surface area is 106 Å². The van der Waals surface area contributed by atoms with E-state index in [1.165, 1.54) is 48.8 Å². The topological polar surface area (TPSA) is 3.24 Å². The molecule has 0 amide bonds. The summed E-state index contributed by atoms with van der Waals surface area (Å²) in [6.07, 6.45) is 5.55. The Morgan fingerprint density at radius 1 is 1.12 bits per heavy atom. The normalized spacial score (nSPS) is 32.9. The first-order valence-corrected chi connectivity index (χ1v) is 7.09. The zero-order valence-corrected chi connectivity index (χ0v) is 11.1. The van der Waals surface area contributed by atoms with Crippen molar-refractivity contribution in [3.8, 4) is 0 Å². The Kier molecular flexibility index (Phi) is 3.03. The van der Waals surface area contributed by atoms with E-state index < -0.39 is 0 Å². The van der Waals surface area contributed by atoms with Crippen LogP contribution in [0.3, 0.4) is 0 Å². The van der Waals surface area contributed by atoms with Gasteiger partial charge in [-0.3, -0.25) is 0 Å². The lowest BCUT2D eigenvalue weighted by molar-refractivity contribution is 0.0498.